The quantitative estimate of drug-likeness (QED) is 0.316. The first kappa shape index (κ1) is 26.4. The zero-order valence-corrected chi connectivity index (χ0v) is 22.4. The molecule has 2 amide bonds. The minimum atomic E-state index is -4.13. The number of hydrogen-bond donors (Lipinski definition) is 3. The number of benzene rings is 2. The van der Waals surface area contributed by atoms with E-state index in [1.165, 1.54) is 13.0 Å². The number of aromatic nitrogens is 2. The molecule has 37 heavy (non-hydrogen) atoms. The molecule has 2 aromatic heterocycles. The number of nitrogens with one attached hydrogen (secondary N) is 3. The molecule has 3 N–H and O–H groups in total. The molecule has 2 atom stereocenters. The van der Waals surface area contributed by atoms with Gasteiger partial charge in [0.25, 0.3) is 5.91 Å². The third-order valence-electron chi connectivity index (χ3n) is 6.02. The number of sulfone groups is 1. The SMILES string of the molecule is Cc1cc(C)cc(S(=O)(=O)c2c(C(=O)N[C@H](C)C(=O)N[C@@H](C)c3ccncc3)[nH]c3ccc(Cl)cc23)c1. The fourth-order valence-electron chi connectivity index (χ4n) is 4.19. The van der Waals surface area contributed by atoms with E-state index in [4.69, 9.17) is 11.6 Å². The summed E-state index contributed by atoms with van der Waals surface area (Å²) in [5, 5.41) is 6.08. The Morgan fingerprint density at radius 3 is 2.24 bits per heavy atom. The average molecular weight is 539 g/mol. The van der Waals surface area contributed by atoms with Crippen molar-refractivity contribution in [2.45, 2.75) is 49.6 Å². The van der Waals surface area contributed by atoms with Crippen molar-refractivity contribution in [2.24, 2.45) is 0 Å². The maximum Gasteiger partial charge on any atom is 0.269 e. The van der Waals surface area contributed by atoms with E-state index in [0.29, 0.717) is 15.9 Å². The molecule has 0 aliphatic heterocycles. The second-order valence-electron chi connectivity index (χ2n) is 9.05. The first-order valence-corrected chi connectivity index (χ1v) is 13.5. The molecule has 0 radical (unpaired) electrons. The van der Waals surface area contributed by atoms with E-state index >= 15 is 0 Å². The molecule has 2 aromatic carbocycles. The van der Waals surface area contributed by atoms with Crippen molar-refractivity contribution in [3.8, 4) is 0 Å². The Kier molecular flexibility index (Phi) is 7.38. The Morgan fingerprint density at radius 1 is 0.946 bits per heavy atom. The van der Waals surface area contributed by atoms with Crippen molar-refractivity contribution in [3.05, 3.63) is 88.3 Å². The Balaban J connectivity index is 1.68. The maximum atomic E-state index is 13.8. The van der Waals surface area contributed by atoms with E-state index in [9.17, 15) is 18.0 Å². The number of fused-ring (bicyclic) bond motifs is 1. The van der Waals surface area contributed by atoms with Crippen LogP contribution in [0.2, 0.25) is 5.02 Å². The van der Waals surface area contributed by atoms with Crippen LogP contribution in [-0.4, -0.2) is 36.2 Å². The predicted octanol–water partition coefficient (Wildman–Crippen LogP) is 4.66. The summed E-state index contributed by atoms with van der Waals surface area (Å²) in [5.74, 6) is -1.15. The smallest absolute Gasteiger partial charge is 0.269 e. The van der Waals surface area contributed by atoms with E-state index in [0.717, 1.165) is 16.7 Å². The number of hydrogen-bond acceptors (Lipinski definition) is 5. The molecule has 0 unspecified atom stereocenters. The summed E-state index contributed by atoms with van der Waals surface area (Å²) in [7, 11) is -4.13. The monoisotopic (exact) mass is 538 g/mol. The Bertz CT molecular complexity index is 1580. The molecular formula is C27H27ClN4O4S. The van der Waals surface area contributed by atoms with Crippen LogP contribution in [0.25, 0.3) is 10.9 Å². The second-order valence-corrected chi connectivity index (χ2v) is 11.4. The minimum absolute atomic E-state index is 0.0666. The van der Waals surface area contributed by atoms with Crippen molar-refractivity contribution in [1.29, 1.82) is 0 Å². The van der Waals surface area contributed by atoms with Gasteiger partial charge >= 0.3 is 0 Å². The molecule has 0 spiro atoms. The van der Waals surface area contributed by atoms with E-state index in [1.54, 1.807) is 62.6 Å². The van der Waals surface area contributed by atoms with Crippen molar-refractivity contribution in [3.63, 3.8) is 0 Å². The largest absolute Gasteiger partial charge is 0.349 e. The number of H-pyrrole nitrogens is 1. The lowest BCUT2D eigenvalue weighted by molar-refractivity contribution is -0.123. The molecule has 4 aromatic rings. The molecule has 8 nitrogen and oxygen atoms in total. The molecule has 0 saturated carbocycles. The number of amides is 2. The van der Waals surface area contributed by atoms with E-state index < -0.39 is 27.7 Å². The summed E-state index contributed by atoms with van der Waals surface area (Å²) in [6.07, 6.45) is 3.26. The van der Waals surface area contributed by atoms with Gasteiger partial charge in [-0.05, 0) is 86.8 Å². The topological polar surface area (TPSA) is 121 Å². The first-order valence-electron chi connectivity index (χ1n) is 11.6. The Labute approximate surface area is 220 Å². The van der Waals surface area contributed by atoms with Crippen LogP contribution in [0.3, 0.4) is 0 Å². The lowest BCUT2D eigenvalue weighted by atomic mass is 10.1. The number of pyridine rings is 1. The fraction of sp³-hybridized carbons (Fsp3) is 0.222. The highest BCUT2D eigenvalue weighted by Gasteiger charge is 2.31. The first-order chi connectivity index (χ1) is 17.5. The third-order valence-corrected chi connectivity index (χ3v) is 8.07. The van der Waals surface area contributed by atoms with Gasteiger partial charge < -0.3 is 15.6 Å². The van der Waals surface area contributed by atoms with Crippen LogP contribution in [0.5, 0.6) is 0 Å². The van der Waals surface area contributed by atoms with E-state index in [-0.39, 0.29) is 21.5 Å². The maximum absolute atomic E-state index is 13.8. The number of aromatic amines is 1. The number of aryl methyl sites for hydroxylation is 2. The molecular weight excluding hydrogens is 512 g/mol. The van der Waals surface area contributed by atoms with Gasteiger partial charge in [-0.15, -0.1) is 0 Å². The summed E-state index contributed by atoms with van der Waals surface area (Å²) in [5.41, 5.74) is 2.67. The summed E-state index contributed by atoms with van der Waals surface area (Å²) in [4.78, 5) is 32.9. The van der Waals surface area contributed by atoms with Gasteiger partial charge in [0.15, 0.2) is 0 Å². The normalized spacial score (nSPS) is 13.2. The molecule has 4 rings (SSSR count). The van der Waals surface area contributed by atoms with Crippen molar-refractivity contribution in [1.82, 2.24) is 20.6 Å². The summed E-state index contributed by atoms with van der Waals surface area (Å²) < 4.78 is 27.7. The molecule has 0 aliphatic carbocycles. The van der Waals surface area contributed by atoms with Gasteiger partial charge in [-0.1, -0.05) is 17.7 Å². The van der Waals surface area contributed by atoms with E-state index in [1.807, 2.05) is 13.0 Å². The van der Waals surface area contributed by atoms with Crippen LogP contribution in [0.15, 0.2) is 70.7 Å². The van der Waals surface area contributed by atoms with Crippen molar-refractivity contribution >= 4 is 44.2 Å². The number of carbonyl (C=O) groups excluding carboxylic acids is 2. The zero-order chi connectivity index (χ0) is 26.9. The molecule has 0 saturated heterocycles. The van der Waals surface area contributed by atoms with Gasteiger partial charge in [0.05, 0.1) is 10.9 Å². The predicted molar refractivity (Wildman–Crippen MR) is 142 cm³/mol. The number of halogens is 1. The highest BCUT2D eigenvalue weighted by molar-refractivity contribution is 7.91. The van der Waals surface area contributed by atoms with Crippen LogP contribution in [0, 0.1) is 13.8 Å². The lowest BCUT2D eigenvalue weighted by Gasteiger charge is -2.19. The molecule has 10 heteroatoms. The number of rotatable bonds is 7. The van der Waals surface area contributed by atoms with Gasteiger partial charge in [0.1, 0.15) is 16.6 Å². The van der Waals surface area contributed by atoms with Gasteiger partial charge in [0.2, 0.25) is 15.7 Å². The van der Waals surface area contributed by atoms with Gasteiger partial charge in [0, 0.05) is 28.3 Å². The van der Waals surface area contributed by atoms with Crippen LogP contribution in [0.1, 0.15) is 47.1 Å². The number of nitrogens with zero attached hydrogens (tertiary/aromatic N) is 1. The van der Waals surface area contributed by atoms with Gasteiger partial charge in [-0.25, -0.2) is 8.42 Å². The number of carbonyl (C=O) groups is 2. The highest BCUT2D eigenvalue weighted by Crippen LogP contribution is 2.34. The molecule has 0 fully saturated rings. The van der Waals surface area contributed by atoms with Crippen LogP contribution >= 0.6 is 11.6 Å². The summed E-state index contributed by atoms with van der Waals surface area (Å²) >= 11 is 6.18. The summed E-state index contributed by atoms with van der Waals surface area (Å²) in [6.45, 7) is 6.96. The van der Waals surface area contributed by atoms with Gasteiger partial charge in [-0.2, -0.15) is 0 Å². The third kappa shape index (κ3) is 5.52. The standard InChI is InChI=1S/C27H27ClN4O4S/c1-15-11-16(2)13-21(12-15)37(35,36)25-22-14-20(28)5-6-23(22)32-24(25)27(34)31-18(4)26(33)30-17(3)19-7-9-29-10-8-19/h5-14,17-18,32H,1-4H3,(H,30,33)(H,31,34)/t17-,18+/m0/s1. The van der Waals surface area contributed by atoms with E-state index in [2.05, 4.69) is 20.6 Å². The molecule has 192 valence electrons. The van der Waals surface area contributed by atoms with Crippen molar-refractivity contribution in [2.75, 3.05) is 0 Å². The van der Waals surface area contributed by atoms with Crippen molar-refractivity contribution < 1.29 is 18.0 Å². The fourth-order valence-corrected chi connectivity index (χ4v) is 6.15. The Hall–Kier alpha value is -3.69. The highest BCUT2D eigenvalue weighted by atomic mass is 35.5. The van der Waals surface area contributed by atoms with Gasteiger partial charge in [-0.3, -0.25) is 14.6 Å². The average Bonchev–Trinajstić information content (AvgIpc) is 3.23. The van der Waals surface area contributed by atoms with Crippen LogP contribution < -0.4 is 10.6 Å². The molecule has 0 bridgehead atoms. The molecule has 0 aliphatic rings. The lowest BCUT2D eigenvalue weighted by Crippen LogP contribution is -2.45. The summed E-state index contributed by atoms with van der Waals surface area (Å²) in [6, 6.07) is 12.0. The van der Waals surface area contributed by atoms with Crippen LogP contribution in [0.4, 0.5) is 0 Å². The minimum Gasteiger partial charge on any atom is -0.349 e. The Morgan fingerprint density at radius 2 is 1.59 bits per heavy atom. The van der Waals surface area contributed by atoms with Crippen LogP contribution in [-0.2, 0) is 14.6 Å². The zero-order valence-electron chi connectivity index (χ0n) is 20.8. The second kappa shape index (κ2) is 10.4. The molecule has 2 heterocycles.